The van der Waals surface area contributed by atoms with Gasteiger partial charge in [0.2, 0.25) is 5.95 Å². The lowest BCUT2D eigenvalue weighted by Crippen LogP contribution is -2.59. The van der Waals surface area contributed by atoms with Gasteiger partial charge in [0.15, 0.2) is 0 Å². The fourth-order valence-corrected chi connectivity index (χ4v) is 5.35. The summed E-state index contributed by atoms with van der Waals surface area (Å²) in [6, 6.07) is 4.47. The quantitative estimate of drug-likeness (QED) is 0.628. The van der Waals surface area contributed by atoms with E-state index in [1.807, 2.05) is 12.1 Å². The number of rotatable bonds is 7. The van der Waals surface area contributed by atoms with Gasteiger partial charge in [0.05, 0.1) is 5.54 Å². The van der Waals surface area contributed by atoms with E-state index in [2.05, 4.69) is 54.4 Å². The Bertz CT molecular complexity index is 1140. The van der Waals surface area contributed by atoms with Gasteiger partial charge in [0, 0.05) is 55.9 Å². The molecule has 8 heteroatoms. The Hall–Kier alpha value is -2.76. The van der Waals surface area contributed by atoms with Gasteiger partial charge < -0.3 is 5.32 Å². The van der Waals surface area contributed by atoms with Crippen LogP contribution < -0.4 is 10.9 Å². The van der Waals surface area contributed by atoms with Crippen LogP contribution in [0.2, 0.25) is 0 Å². The smallest absolute Gasteiger partial charge is 0.270 e. The van der Waals surface area contributed by atoms with Crippen LogP contribution in [0.15, 0.2) is 29.7 Å². The largest absolute Gasteiger partial charge is 0.344 e. The molecular weight excluding hydrogens is 426 g/mol. The second kappa shape index (κ2) is 9.85. The zero-order chi connectivity index (χ0) is 24.5. The SMILES string of the molecule is C=CC(C)(Nc1ncc2cc(C#N)c(=O)n(C3CCCC3)c2n1)[C@@H](C)N1CCN(C(C)C)CC1. The summed E-state index contributed by atoms with van der Waals surface area (Å²) in [6.07, 6.45) is 7.68. The molecule has 0 radical (unpaired) electrons. The zero-order valence-corrected chi connectivity index (χ0v) is 20.9. The molecule has 4 rings (SSSR count). The lowest BCUT2D eigenvalue weighted by atomic mass is 9.91. The number of nitriles is 1. The molecule has 2 aromatic rings. The van der Waals surface area contributed by atoms with Gasteiger partial charge in [-0.05, 0) is 46.6 Å². The summed E-state index contributed by atoms with van der Waals surface area (Å²) >= 11 is 0. The number of anilines is 1. The van der Waals surface area contributed by atoms with E-state index >= 15 is 0 Å². The highest BCUT2D eigenvalue weighted by molar-refractivity contribution is 5.77. The fourth-order valence-electron chi connectivity index (χ4n) is 5.35. The van der Waals surface area contributed by atoms with E-state index < -0.39 is 5.54 Å². The lowest BCUT2D eigenvalue weighted by molar-refractivity contribution is 0.0696. The molecule has 1 N–H and O–H groups in total. The van der Waals surface area contributed by atoms with E-state index in [0.717, 1.165) is 51.9 Å². The van der Waals surface area contributed by atoms with Crippen LogP contribution in [-0.4, -0.2) is 68.1 Å². The van der Waals surface area contributed by atoms with Crippen molar-refractivity contribution in [3.63, 3.8) is 0 Å². The molecule has 1 aliphatic carbocycles. The van der Waals surface area contributed by atoms with E-state index in [-0.39, 0.29) is 23.2 Å². The minimum absolute atomic E-state index is 0.0769. The maximum absolute atomic E-state index is 13.1. The van der Waals surface area contributed by atoms with Crippen molar-refractivity contribution in [3.8, 4) is 6.07 Å². The van der Waals surface area contributed by atoms with Crippen LogP contribution >= 0.6 is 0 Å². The Balaban J connectivity index is 1.64. The Morgan fingerprint density at radius 3 is 2.44 bits per heavy atom. The summed E-state index contributed by atoms with van der Waals surface area (Å²) < 4.78 is 1.73. The summed E-state index contributed by atoms with van der Waals surface area (Å²) in [5, 5.41) is 13.7. The van der Waals surface area contributed by atoms with Crippen molar-refractivity contribution < 1.29 is 0 Å². The summed E-state index contributed by atoms with van der Waals surface area (Å²) in [5.41, 5.74) is 0.0277. The number of aromatic nitrogens is 3. The highest BCUT2D eigenvalue weighted by atomic mass is 16.1. The molecule has 182 valence electrons. The van der Waals surface area contributed by atoms with Crippen molar-refractivity contribution in [2.45, 2.75) is 77.0 Å². The first-order valence-corrected chi connectivity index (χ1v) is 12.5. The van der Waals surface area contributed by atoms with Gasteiger partial charge in [-0.2, -0.15) is 10.2 Å². The normalized spacial score (nSPS) is 20.8. The Labute approximate surface area is 202 Å². The van der Waals surface area contributed by atoms with Crippen LogP contribution in [0.25, 0.3) is 11.0 Å². The molecule has 2 atom stereocenters. The molecule has 8 nitrogen and oxygen atoms in total. The average Bonchev–Trinajstić information content (AvgIpc) is 3.37. The molecule has 3 heterocycles. The van der Waals surface area contributed by atoms with Crippen LogP contribution in [0.1, 0.15) is 65.0 Å². The molecule has 2 aromatic heterocycles. The zero-order valence-electron chi connectivity index (χ0n) is 20.9. The van der Waals surface area contributed by atoms with Crippen molar-refractivity contribution in [2.75, 3.05) is 31.5 Å². The maximum atomic E-state index is 13.1. The third kappa shape index (κ3) is 4.59. The molecule has 1 saturated heterocycles. The molecule has 2 fully saturated rings. The van der Waals surface area contributed by atoms with E-state index in [9.17, 15) is 10.1 Å². The number of fused-ring (bicyclic) bond motifs is 1. The third-order valence-electron chi connectivity index (χ3n) is 7.88. The van der Waals surface area contributed by atoms with Crippen molar-refractivity contribution in [2.24, 2.45) is 0 Å². The van der Waals surface area contributed by atoms with E-state index in [1.165, 1.54) is 0 Å². The van der Waals surface area contributed by atoms with Crippen molar-refractivity contribution in [3.05, 3.63) is 40.8 Å². The second-order valence-corrected chi connectivity index (χ2v) is 10.2. The monoisotopic (exact) mass is 463 g/mol. The molecule has 0 spiro atoms. The number of piperazine rings is 1. The van der Waals surface area contributed by atoms with Crippen LogP contribution in [-0.2, 0) is 0 Å². The summed E-state index contributed by atoms with van der Waals surface area (Å²) in [7, 11) is 0. The fraction of sp³-hybridized carbons (Fsp3) is 0.615. The number of pyridine rings is 1. The van der Waals surface area contributed by atoms with Crippen molar-refractivity contribution >= 4 is 17.0 Å². The number of nitrogens with one attached hydrogen (secondary N) is 1. The Morgan fingerprint density at radius 1 is 1.21 bits per heavy atom. The molecule has 34 heavy (non-hydrogen) atoms. The van der Waals surface area contributed by atoms with Crippen LogP contribution in [0.5, 0.6) is 0 Å². The van der Waals surface area contributed by atoms with Gasteiger partial charge in [0.25, 0.3) is 5.56 Å². The first-order chi connectivity index (χ1) is 16.3. The predicted octanol–water partition coefficient (Wildman–Crippen LogP) is 3.55. The van der Waals surface area contributed by atoms with Gasteiger partial charge in [-0.3, -0.25) is 19.2 Å². The van der Waals surface area contributed by atoms with E-state index in [4.69, 9.17) is 4.98 Å². The highest BCUT2D eigenvalue weighted by Gasteiger charge is 2.35. The van der Waals surface area contributed by atoms with Gasteiger partial charge in [-0.25, -0.2) is 4.98 Å². The molecule has 0 bridgehead atoms. The molecule has 0 amide bonds. The van der Waals surface area contributed by atoms with Gasteiger partial charge in [0.1, 0.15) is 17.3 Å². The van der Waals surface area contributed by atoms with Gasteiger partial charge >= 0.3 is 0 Å². The Kier molecular flexibility index (Phi) is 7.06. The molecule has 1 aliphatic heterocycles. The third-order valence-corrected chi connectivity index (χ3v) is 7.88. The minimum atomic E-state index is -0.460. The number of hydrogen-bond donors (Lipinski definition) is 1. The van der Waals surface area contributed by atoms with E-state index in [1.54, 1.807) is 16.8 Å². The highest BCUT2D eigenvalue weighted by Crippen LogP contribution is 2.31. The predicted molar refractivity (Wildman–Crippen MR) is 136 cm³/mol. The Morgan fingerprint density at radius 2 is 1.85 bits per heavy atom. The molecule has 2 aliphatic rings. The van der Waals surface area contributed by atoms with Crippen molar-refractivity contribution in [1.82, 2.24) is 24.3 Å². The van der Waals surface area contributed by atoms with Gasteiger partial charge in [-0.1, -0.05) is 18.9 Å². The van der Waals surface area contributed by atoms with Crippen LogP contribution in [0, 0.1) is 11.3 Å². The summed E-state index contributed by atoms with van der Waals surface area (Å²) in [6.45, 7) is 17.1. The standard InChI is InChI=1S/C26H37N7O/c1-6-26(5,19(4)32-13-11-31(12-14-32)18(2)3)30-25-28-17-21-15-20(16-27)24(34)33(23(21)29-25)22-9-7-8-10-22/h6,15,17-19,22H,1,7-14H2,2-5H3,(H,28,29,30)/t19-,26?/m1/s1. The molecule has 1 unspecified atom stereocenters. The van der Waals surface area contributed by atoms with Crippen LogP contribution in [0.4, 0.5) is 5.95 Å². The first-order valence-electron chi connectivity index (χ1n) is 12.5. The minimum Gasteiger partial charge on any atom is -0.344 e. The summed E-state index contributed by atoms with van der Waals surface area (Å²) in [4.78, 5) is 27.4. The maximum Gasteiger partial charge on any atom is 0.270 e. The second-order valence-electron chi connectivity index (χ2n) is 10.2. The van der Waals surface area contributed by atoms with Crippen molar-refractivity contribution in [1.29, 1.82) is 5.26 Å². The molecular formula is C26H37N7O. The molecule has 0 aromatic carbocycles. The molecule has 1 saturated carbocycles. The lowest BCUT2D eigenvalue weighted by Gasteiger charge is -2.45. The number of nitrogens with zero attached hydrogens (tertiary/aromatic N) is 6. The van der Waals surface area contributed by atoms with Crippen LogP contribution in [0.3, 0.4) is 0 Å². The average molecular weight is 464 g/mol. The number of hydrogen-bond acceptors (Lipinski definition) is 7. The van der Waals surface area contributed by atoms with Gasteiger partial charge in [-0.15, -0.1) is 6.58 Å². The topological polar surface area (TPSA) is 90.1 Å². The summed E-state index contributed by atoms with van der Waals surface area (Å²) in [5.74, 6) is 0.471. The first kappa shape index (κ1) is 24.4. The van der Waals surface area contributed by atoms with E-state index in [0.29, 0.717) is 23.0 Å².